The SMILES string of the molecule is Cc1cccc(C(C)C)c1NC(=O)CCN1C(=O)c2ccccc2N2C(=O)CCC12C. The van der Waals surface area contributed by atoms with E-state index in [1.807, 2.05) is 44.2 Å². The van der Waals surface area contributed by atoms with Crippen molar-refractivity contribution in [3.05, 3.63) is 59.2 Å². The van der Waals surface area contributed by atoms with Gasteiger partial charge in [-0.15, -0.1) is 0 Å². The molecule has 0 aromatic heterocycles. The molecule has 0 radical (unpaired) electrons. The van der Waals surface area contributed by atoms with Gasteiger partial charge >= 0.3 is 0 Å². The molecule has 1 fully saturated rings. The van der Waals surface area contributed by atoms with Crippen molar-refractivity contribution in [2.45, 2.75) is 58.5 Å². The summed E-state index contributed by atoms with van der Waals surface area (Å²) in [5.41, 5.74) is 3.39. The van der Waals surface area contributed by atoms with E-state index in [-0.39, 0.29) is 36.6 Å². The molecule has 2 aliphatic rings. The summed E-state index contributed by atoms with van der Waals surface area (Å²) in [6.45, 7) is 8.35. The molecule has 3 amide bonds. The zero-order valence-corrected chi connectivity index (χ0v) is 18.6. The third kappa shape index (κ3) is 3.50. The molecule has 1 saturated heterocycles. The molecular formula is C25H29N3O3. The predicted molar refractivity (Wildman–Crippen MR) is 121 cm³/mol. The lowest BCUT2D eigenvalue weighted by Gasteiger charge is -2.48. The second-order valence-corrected chi connectivity index (χ2v) is 8.91. The van der Waals surface area contributed by atoms with E-state index in [9.17, 15) is 14.4 Å². The number of hydrogen-bond donors (Lipinski definition) is 1. The number of benzene rings is 2. The van der Waals surface area contributed by atoms with Crippen molar-refractivity contribution in [2.75, 3.05) is 16.8 Å². The lowest BCUT2D eigenvalue weighted by Crippen LogP contribution is -2.62. The van der Waals surface area contributed by atoms with Gasteiger partial charge in [-0.1, -0.05) is 44.2 Å². The van der Waals surface area contributed by atoms with Gasteiger partial charge in [-0.3, -0.25) is 19.3 Å². The molecule has 1 N–H and O–H groups in total. The summed E-state index contributed by atoms with van der Waals surface area (Å²) in [7, 11) is 0. The standard InChI is InChI=1S/C25H29N3O3/c1-16(2)18-10-7-8-17(3)23(18)26-21(29)13-15-27-24(31)19-9-5-6-11-20(19)28-22(30)12-14-25(27,28)4/h5-11,16H,12-15H2,1-4H3,(H,26,29). The smallest absolute Gasteiger partial charge is 0.257 e. The second kappa shape index (κ2) is 7.84. The van der Waals surface area contributed by atoms with Crippen molar-refractivity contribution in [2.24, 2.45) is 0 Å². The van der Waals surface area contributed by atoms with E-state index in [1.54, 1.807) is 21.9 Å². The van der Waals surface area contributed by atoms with Crippen molar-refractivity contribution in [3.63, 3.8) is 0 Å². The fraction of sp³-hybridized carbons (Fsp3) is 0.400. The van der Waals surface area contributed by atoms with E-state index >= 15 is 0 Å². The van der Waals surface area contributed by atoms with Gasteiger partial charge in [0.05, 0.1) is 11.3 Å². The number of hydrogen-bond acceptors (Lipinski definition) is 3. The molecule has 2 heterocycles. The summed E-state index contributed by atoms with van der Waals surface area (Å²) in [5, 5.41) is 3.06. The maximum absolute atomic E-state index is 13.3. The molecule has 0 spiro atoms. The highest BCUT2D eigenvalue weighted by Gasteiger charge is 2.52. The molecule has 6 heteroatoms. The quantitative estimate of drug-likeness (QED) is 0.779. The van der Waals surface area contributed by atoms with Crippen LogP contribution in [0.5, 0.6) is 0 Å². The monoisotopic (exact) mass is 419 g/mol. The van der Waals surface area contributed by atoms with Gasteiger partial charge in [-0.05, 0) is 49.4 Å². The van der Waals surface area contributed by atoms with Gasteiger partial charge in [-0.25, -0.2) is 0 Å². The Balaban J connectivity index is 1.56. The summed E-state index contributed by atoms with van der Waals surface area (Å²) in [5.74, 6) is 0.0312. The Kier molecular flexibility index (Phi) is 5.33. The van der Waals surface area contributed by atoms with Crippen LogP contribution in [0.3, 0.4) is 0 Å². The summed E-state index contributed by atoms with van der Waals surface area (Å²) >= 11 is 0. The Labute approximate surface area is 183 Å². The van der Waals surface area contributed by atoms with Crippen molar-refractivity contribution in [1.29, 1.82) is 0 Å². The number of anilines is 2. The van der Waals surface area contributed by atoms with Crippen LogP contribution in [0.15, 0.2) is 42.5 Å². The molecule has 0 bridgehead atoms. The van der Waals surface area contributed by atoms with Crippen LogP contribution >= 0.6 is 0 Å². The van der Waals surface area contributed by atoms with E-state index in [1.165, 1.54) is 0 Å². The first-order chi connectivity index (χ1) is 14.7. The van der Waals surface area contributed by atoms with Crippen LogP contribution in [0.4, 0.5) is 11.4 Å². The number of nitrogens with zero attached hydrogens (tertiary/aromatic N) is 2. The fourth-order valence-electron chi connectivity index (χ4n) is 4.80. The number of carbonyl (C=O) groups excluding carboxylic acids is 3. The van der Waals surface area contributed by atoms with Gasteiger partial charge < -0.3 is 10.2 Å². The first-order valence-corrected chi connectivity index (χ1v) is 10.9. The third-order valence-electron chi connectivity index (χ3n) is 6.50. The number of aryl methyl sites for hydroxylation is 1. The number of carbonyl (C=O) groups is 3. The Hall–Kier alpha value is -3.15. The zero-order valence-electron chi connectivity index (χ0n) is 18.6. The van der Waals surface area contributed by atoms with Gasteiger partial charge in [0, 0.05) is 25.1 Å². The van der Waals surface area contributed by atoms with Crippen LogP contribution in [0, 0.1) is 6.92 Å². The normalized spacial score (nSPS) is 20.2. The van der Waals surface area contributed by atoms with Gasteiger partial charge in [0.15, 0.2) is 0 Å². The molecule has 1 atom stereocenters. The minimum atomic E-state index is -0.742. The minimum absolute atomic E-state index is 0.0124. The highest BCUT2D eigenvalue weighted by Crippen LogP contribution is 2.44. The number of fused-ring (bicyclic) bond motifs is 3. The van der Waals surface area contributed by atoms with Crippen LogP contribution in [-0.2, 0) is 9.59 Å². The number of para-hydroxylation sites is 2. The lowest BCUT2D eigenvalue weighted by molar-refractivity contribution is -0.117. The van der Waals surface area contributed by atoms with Crippen molar-refractivity contribution < 1.29 is 14.4 Å². The maximum Gasteiger partial charge on any atom is 0.257 e. The second-order valence-electron chi connectivity index (χ2n) is 8.91. The van der Waals surface area contributed by atoms with E-state index in [2.05, 4.69) is 19.2 Å². The molecule has 162 valence electrons. The van der Waals surface area contributed by atoms with E-state index in [4.69, 9.17) is 0 Å². The lowest BCUT2D eigenvalue weighted by atomic mass is 9.97. The molecule has 6 nitrogen and oxygen atoms in total. The first-order valence-electron chi connectivity index (χ1n) is 10.9. The molecule has 1 unspecified atom stereocenters. The Morgan fingerprint density at radius 1 is 1.13 bits per heavy atom. The molecule has 31 heavy (non-hydrogen) atoms. The van der Waals surface area contributed by atoms with E-state index in [0.29, 0.717) is 24.1 Å². The largest absolute Gasteiger partial charge is 0.326 e. The summed E-state index contributed by atoms with van der Waals surface area (Å²) in [4.78, 5) is 42.2. The molecule has 0 saturated carbocycles. The third-order valence-corrected chi connectivity index (χ3v) is 6.50. The topological polar surface area (TPSA) is 69.7 Å². The molecule has 2 aromatic rings. The van der Waals surface area contributed by atoms with Crippen LogP contribution in [-0.4, -0.2) is 34.8 Å². The molecule has 4 rings (SSSR count). The molecule has 2 aromatic carbocycles. The van der Waals surface area contributed by atoms with Crippen molar-refractivity contribution in [1.82, 2.24) is 4.90 Å². The zero-order chi connectivity index (χ0) is 22.3. The average Bonchev–Trinajstić information content (AvgIpc) is 3.04. The Bertz CT molecular complexity index is 1060. The summed E-state index contributed by atoms with van der Waals surface area (Å²) < 4.78 is 0. The van der Waals surface area contributed by atoms with Gasteiger partial charge in [0.25, 0.3) is 5.91 Å². The van der Waals surface area contributed by atoms with Crippen LogP contribution in [0.2, 0.25) is 0 Å². The minimum Gasteiger partial charge on any atom is -0.326 e. The van der Waals surface area contributed by atoms with Crippen molar-refractivity contribution >= 4 is 29.1 Å². The van der Waals surface area contributed by atoms with Crippen LogP contribution in [0.1, 0.15) is 67.4 Å². The number of rotatable bonds is 5. The van der Waals surface area contributed by atoms with Gasteiger partial charge in [0.1, 0.15) is 5.66 Å². The highest BCUT2D eigenvalue weighted by atomic mass is 16.2. The first kappa shape index (κ1) is 21.1. The highest BCUT2D eigenvalue weighted by molar-refractivity contribution is 6.10. The molecule has 0 aliphatic carbocycles. The van der Waals surface area contributed by atoms with Crippen LogP contribution in [0.25, 0.3) is 0 Å². The van der Waals surface area contributed by atoms with E-state index in [0.717, 1.165) is 16.8 Å². The summed E-state index contributed by atoms with van der Waals surface area (Å²) in [6.07, 6.45) is 1.11. The van der Waals surface area contributed by atoms with Crippen LogP contribution < -0.4 is 10.2 Å². The molecular weight excluding hydrogens is 390 g/mol. The Morgan fingerprint density at radius 2 is 1.87 bits per heavy atom. The fourth-order valence-corrected chi connectivity index (χ4v) is 4.80. The number of nitrogens with one attached hydrogen (secondary N) is 1. The van der Waals surface area contributed by atoms with Gasteiger partial charge in [-0.2, -0.15) is 0 Å². The van der Waals surface area contributed by atoms with Gasteiger partial charge in [0.2, 0.25) is 11.8 Å². The average molecular weight is 420 g/mol. The predicted octanol–water partition coefficient (Wildman–Crippen LogP) is 4.45. The Morgan fingerprint density at radius 3 is 2.61 bits per heavy atom. The molecule has 2 aliphatic heterocycles. The van der Waals surface area contributed by atoms with Crippen molar-refractivity contribution in [3.8, 4) is 0 Å². The summed E-state index contributed by atoms with van der Waals surface area (Å²) in [6, 6.07) is 13.2. The number of amides is 3. The van der Waals surface area contributed by atoms with E-state index < -0.39 is 5.66 Å². The maximum atomic E-state index is 13.3.